The van der Waals surface area contributed by atoms with Crippen molar-refractivity contribution in [2.75, 3.05) is 18.1 Å². The maximum atomic E-state index is 12.6. The van der Waals surface area contributed by atoms with Gasteiger partial charge < -0.3 is 9.32 Å². The molecule has 7 nitrogen and oxygen atoms in total. The largest absolute Gasteiger partial charge is 0.472 e. The van der Waals surface area contributed by atoms with Gasteiger partial charge in [-0.1, -0.05) is 0 Å². The molecule has 1 saturated heterocycles. The molecule has 1 aliphatic heterocycles. The van der Waals surface area contributed by atoms with Gasteiger partial charge in [0.2, 0.25) is 0 Å². The molecule has 3 rings (SSSR count). The van der Waals surface area contributed by atoms with Crippen molar-refractivity contribution in [1.82, 2.24) is 14.7 Å². The molecule has 0 bridgehead atoms. The summed E-state index contributed by atoms with van der Waals surface area (Å²) in [6.07, 6.45) is 6.22. The van der Waals surface area contributed by atoms with E-state index in [0.717, 1.165) is 5.56 Å². The zero-order valence-electron chi connectivity index (χ0n) is 12.2. The molecule has 2 aromatic heterocycles. The zero-order chi connectivity index (χ0) is 15.7. The summed E-state index contributed by atoms with van der Waals surface area (Å²) in [7, 11) is -3.17. The van der Waals surface area contributed by atoms with Gasteiger partial charge in [-0.25, -0.2) is 8.42 Å². The van der Waals surface area contributed by atoms with Crippen LogP contribution in [0.4, 0.5) is 0 Å². The normalized spacial score (nSPS) is 21.0. The average Bonchev–Trinajstić information content (AvgIpc) is 3.17. The van der Waals surface area contributed by atoms with Gasteiger partial charge in [-0.15, -0.1) is 0 Å². The molecule has 1 fully saturated rings. The first-order chi connectivity index (χ1) is 10.5. The molecule has 1 aliphatic rings. The number of carbonyl (C=O) groups excluding carboxylic acids is 1. The van der Waals surface area contributed by atoms with Crippen molar-refractivity contribution in [3.63, 3.8) is 0 Å². The van der Waals surface area contributed by atoms with E-state index in [-0.39, 0.29) is 24.0 Å². The van der Waals surface area contributed by atoms with Gasteiger partial charge in [-0.2, -0.15) is 5.10 Å². The molecule has 1 unspecified atom stereocenters. The summed E-state index contributed by atoms with van der Waals surface area (Å²) in [5, 5.41) is 4.18. The van der Waals surface area contributed by atoms with Crippen LogP contribution in [0.3, 0.4) is 0 Å². The third kappa shape index (κ3) is 2.78. The van der Waals surface area contributed by atoms with Crippen LogP contribution in [-0.2, 0) is 16.4 Å². The van der Waals surface area contributed by atoms with Crippen molar-refractivity contribution in [3.05, 3.63) is 42.1 Å². The Kier molecular flexibility index (Phi) is 3.78. The predicted octanol–water partition coefficient (Wildman–Crippen LogP) is 1.11. The van der Waals surface area contributed by atoms with E-state index in [1.54, 1.807) is 28.0 Å². The minimum absolute atomic E-state index is 0.0188. The summed E-state index contributed by atoms with van der Waals surface area (Å²) in [6.45, 7) is 2.81. The van der Waals surface area contributed by atoms with E-state index in [9.17, 15) is 13.2 Å². The topological polar surface area (TPSA) is 85.4 Å². The Hall–Kier alpha value is -2.09. The second-order valence-corrected chi connectivity index (χ2v) is 7.50. The summed E-state index contributed by atoms with van der Waals surface area (Å²) in [4.78, 5) is 14.2. The van der Waals surface area contributed by atoms with Gasteiger partial charge in [0.15, 0.2) is 9.84 Å². The van der Waals surface area contributed by atoms with Crippen LogP contribution in [0.2, 0.25) is 0 Å². The highest BCUT2D eigenvalue weighted by atomic mass is 32.2. The molecule has 0 spiro atoms. The van der Waals surface area contributed by atoms with E-state index in [1.807, 2.05) is 6.92 Å². The highest BCUT2D eigenvalue weighted by molar-refractivity contribution is 7.91. The molecule has 0 saturated carbocycles. The number of sulfone groups is 1. The maximum absolute atomic E-state index is 12.6. The third-order valence-corrected chi connectivity index (χ3v) is 5.45. The molecule has 0 radical (unpaired) electrons. The lowest BCUT2D eigenvalue weighted by Gasteiger charge is -2.34. The van der Waals surface area contributed by atoms with Gasteiger partial charge >= 0.3 is 0 Å². The van der Waals surface area contributed by atoms with Crippen LogP contribution in [0.15, 0.2) is 35.4 Å². The van der Waals surface area contributed by atoms with Gasteiger partial charge in [0.25, 0.3) is 5.91 Å². The van der Waals surface area contributed by atoms with Gasteiger partial charge in [0.05, 0.1) is 35.6 Å². The number of carbonyl (C=O) groups is 1. The van der Waals surface area contributed by atoms with E-state index in [4.69, 9.17) is 4.42 Å². The van der Waals surface area contributed by atoms with Crippen molar-refractivity contribution in [1.29, 1.82) is 0 Å². The maximum Gasteiger partial charge on any atom is 0.257 e. The van der Waals surface area contributed by atoms with Crippen LogP contribution in [-0.4, -0.2) is 47.1 Å². The van der Waals surface area contributed by atoms with E-state index in [0.29, 0.717) is 12.1 Å². The molecule has 3 heterocycles. The summed E-state index contributed by atoms with van der Waals surface area (Å²) in [5.74, 6) is -0.320. The van der Waals surface area contributed by atoms with Crippen molar-refractivity contribution >= 4 is 15.7 Å². The Bertz CT molecular complexity index is 764. The van der Waals surface area contributed by atoms with E-state index >= 15 is 0 Å². The Morgan fingerprint density at radius 2 is 2.32 bits per heavy atom. The molecule has 2 aromatic rings. The molecule has 0 aromatic carbocycles. The molecule has 118 valence electrons. The number of furan rings is 1. The Morgan fingerprint density at radius 1 is 1.50 bits per heavy atom. The highest BCUT2D eigenvalue weighted by Crippen LogP contribution is 2.28. The highest BCUT2D eigenvalue weighted by Gasteiger charge is 2.36. The summed E-state index contributed by atoms with van der Waals surface area (Å²) in [6, 6.07) is 1.07. The second-order valence-electron chi connectivity index (χ2n) is 5.27. The summed E-state index contributed by atoms with van der Waals surface area (Å²) in [5.41, 5.74) is 1.16. The Balaban J connectivity index is 1.94. The minimum Gasteiger partial charge on any atom is -0.472 e. The number of aryl methyl sites for hydroxylation is 1. The van der Waals surface area contributed by atoms with Gasteiger partial charge in [0.1, 0.15) is 6.26 Å². The lowest BCUT2D eigenvalue weighted by atomic mass is 10.1. The van der Waals surface area contributed by atoms with Crippen molar-refractivity contribution in [2.45, 2.75) is 19.5 Å². The van der Waals surface area contributed by atoms with Gasteiger partial charge in [0, 0.05) is 24.8 Å². The number of nitrogens with zero attached hydrogens (tertiary/aromatic N) is 3. The molecule has 1 amide bonds. The SMILES string of the molecule is CCn1cc(C2CS(=O)(=O)CCN2C(=O)c2ccoc2)cn1. The van der Waals surface area contributed by atoms with Gasteiger partial charge in [-0.05, 0) is 13.0 Å². The zero-order valence-corrected chi connectivity index (χ0v) is 13.0. The van der Waals surface area contributed by atoms with Crippen molar-refractivity contribution < 1.29 is 17.6 Å². The second kappa shape index (κ2) is 5.60. The van der Waals surface area contributed by atoms with E-state index in [1.165, 1.54) is 12.5 Å². The number of hydrogen-bond donors (Lipinski definition) is 0. The number of amides is 1. The quantitative estimate of drug-likeness (QED) is 0.844. The van der Waals surface area contributed by atoms with Crippen LogP contribution in [0, 0.1) is 0 Å². The average molecular weight is 323 g/mol. The monoisotopic (exact) mass is 323 g/mol. The molecular formula is C14H17N3O4S. The van der Waals surface area contributed by atoms with Crippen LogP contribution < -0.4 is 0 Å². The van der Waals surface area contributed by atoms with Crippen molar-refractivity contribution in [3.8, 4) is 0 Å². The lowest BCUT2D eigenvalue weighted by molar-refractivity contribution is 0.0697. The van der Waals surface area contributed by atoms with Crippen LogP contribution in [0.1, 0.15) is 28.9 Å². The smallest absolute Gasteiger partial charge is 0.257 e. The standard InChI is InChI=1S/C14H17N3O4S/c1-2-16-8-12(7-15-16)13-10-22(19,20)6-4-17(13)14(18)11-3-5-21-9-11/h3,5,7-9,13H,2,4,6,10H2,1H3. The predicted molar refractivity (Wildman–Crippen MR) is 79.0 cm³/mol. The first-order valence-corrected chi connectivity index (χ1v) is 8.88. The number of rotatable bonds is 3. The summed E-state index contributed by atoms with van der Waals surface area (Å²) < 4.78 is 30.6. The van der Waals surface area contributed by atoms with Crippen LogP contribution in [0.25, 0.3) is 0 Å². The number of hydrogen-bond acceptors (Lipinski definition) is 5. The van der Waals surface area contributed by atoms with Gasteiger partial charge in [-0.3, -0.25) is 9.48 Å². The Labute approximate surface area is 128 Å². The van der Waals surface area contributed by atoms with Crippen LogP contribution in [0.5, 0.6) is 0 Å². The molecule has 0 aliphatic carbocycles. The fourth-order valence-electron chi connectivity index (χ4n) is 2.60. The molecular weight excluding hydrogens is 306 g/mol. The fraction of sp³-hybridized carbons (Fsp3) is 0.429. The number of aromatic nitrogens is 2. The molecule has 1 atom stereocenters. The summed E-state index contributed by atoms with van der Waals surface area (Å²) >= 11 is 0. The Morgan fingerprint density at radius 3 is 2.95 bits per heavy atom. The first-order valence-electron chi connectivity index (χ1n) is 7.06. The van der Waals surface area contributed by atoms with Crippen molar-refractivity contribution in [2.24, 2.45) is 0 Å². The first kappa shape index (κ1) is 14.8. The third-order valence-electron chi connectivity index (χ3n) is 3.82. The fourth-order valence-corrected chi connectivity index (χ4v) is 4.10. The van der Waals surface area contributed by atoms with E-state index < -0.39 is 15.9 Å². The molecule has 0 N–H and O–H groups in total. The van der Waals surface area contributed by atoms with Crippen LogP contribution >= 0.6 is 0 Å². The van der Waals surface area contributed by atoms with E-state index in [2.05, 4.69) is 5.10 Å². The minimum atomic E-state index is -3.17. The molecule has 8 heteroatoms. The lowest BCUT2D eigenvalue weighted by Crippen LogP contribution is -2.46. The molecule has 22 heavy (non-hydrogen) atoms.